The van der Waals surface area contributed by atoms with E-state index in [1.54, 1.807) is 42.1 Å². The Morgan fingerprint density at radius 2 is 1.78 bits per heavy atom. The normalized spacial score (nSPS) is 11.8. The zero-order chi connectivity index (χ0) is 19.4. The van der Waals surface area contributed by atoms with Crippen LogP contribution in [0.25, 0.3) is 10.9 Å². The van der Waals surface area contributed by atoms with Gasteiger partial charge in [0.15, 0.2) is 11.5 Å². The first-order valence-electron chi connectivity index (χ1n) is 8.66. The van der Waals surface area contributed by atoms with Crippen molar-refractivity contribution >= 4 is 16.8 Å². The lowest BCUT2D eigenvalue weighted by molar-refractivity contribution is 0.0924. The third-order valence-corrected chi connectivity index (χ3v) is 4.28. The molecule has 6 heteroatoms. The van der Waals surface area contributed by atoms with Crippen LogP contribution in [0.1, 0.15) is 17.3 Å². The second-order valence-corrected chi connectivity index (χ2v) is 6.34. The van der Waals surface area contributed by atoms with Gasteiger partial charge in [-0.25, -0.2) is 0 Å². The van der Waals surface area contributed by atoms with E-state index < -0.39 is 5.91 Å². The molecule has 1 atom stereocenters. The lowest BCUT2D eigenvalue weighted by Crippen LogP contribution is -2.39. The van der Waals surface area contributed by atoms with E-state index in [0.717, 1.165) is 5.52 Å². The van der Waals surface area contributed by atoms with E-state index in [0.29, 0.717) is 16.9 Å². The second-order valence-electron chi connectivity index (χ2n) is 6.34. The number of pyridine rings is 1. The first-order valence-corrected chi connectivity index (χ1v) is 8.66. The molecule has 1 amide bonds. The highest BCUT2D eigenvalue weighted by Gasteiger charge is 2.17. The van der Waals surface area contributed by atoms with Crippen molar-refractivity contribution in [2.24, 2.45) is 7.05 Å². The van der Waals surface area contributed by atoms with Gasteiger partial charge in [-0.05, 0) is 31.2 Å². The molecule has 6 nitrogen and oxygen atoms in total. The Bertz CT molecular complexity index is 1030. The lowest BCUT2D eigenvalue weighted by atomic mass is 10.1. The van der Waals surface area contributed by atoms with Crippen LogP contribution in [0.2, 0.25) is 0 Å². The van der Waals surface area contributed by atoms with Gasteiger partial charge in [0.25, 0.3) is 5.91 Å². The summed E-state index contributed by atoms with van der Waals surface area (Å²) in [6, 6.07) is 14.2. The number of ether oxygens (including phenoxy) is 2. The molecule has 0 aliphatic heterocycles. The number of aromatic nitrogens is 1. The SMILES string of the molecule is COc1ccccc1OC[C@@H](C)NC(=O)c1cn(C)c2ccccc2c1=O. The second kappa shape index (κ2) is 7.95. The Balaban J connectivity index is 1.73. The van der Waals surface area contributed by atoms with Crippen LogP contribution in [0.3, 0.4) is 0 Å². The Labute approximate surface area is 157 Å². The number of hydrogen-bond acceptors (Lipinski definition) is 4. The van der Waals surface area contributed by atoms with Gasteiger partial charge in [-0.15, -0.1) is 0 Å². The average Bonchev–Trinajstić information content (AvgIpc) is 2.69. The Morgan fingerprint density at radius 3 is 2.52 bits per heavy atom. The summed E-state index contributed by atoms with van der Waals surface area (Å²) < 4.78 is 12.7. The molecule has 3 aromatic rings. The minimum absolute atomic E-state index is 0.111. The van der Waals surface area contributed by atoms with E-state index in [1.807, 2.05) is 38.2 Å². The van der Waals surface area contributed by atoms with Crippen LogP contribution < -0.4 is 20.2 Å². The highest BCUT2D eigenvalue weighted by Crippen LogP contribution is 2.25. The van der Waals surface area contributed by atoms with Gasteiger partial charge in [-0.2, -0.15) is 0 Å². The Kier molecular flexibility index (Phi) is 5.45. The molecule has 0 saturated carbocycles. The van der Waals surface area contributed by atoms with Crippen molar-refractivity contribution in [2.45, 2.75) is 13.0 Å². The van der Waals surface area contributed by atoms with Gasteiger partial charge < -0.3 is 19.4 Å². The minimum atomic E-state index is -0.419. The maximum Gasteiger partial charge on any atom is 0.257 e. The molecule has 1 aromatic heterocycles. The third kappa shape index (κ3) is 3.95. The summed E-state index contributed by atoms with van der Waals surface area (Å²) >= 11 is 0. The van der Waals surface area contributed by atoms with Crippen molar-refractivity contribution in [3.63, 3.8) is 0 Å². The molecule has 0 aliphatic carbocycles. The number of methoxy groups -OCH3 is 1. The molecule has 0 saturated heterocycles. The van der Waals surface area contributed by atoms with Crippen molar-refractivity contribution < 1.29 is 14.3 Å². The molecule has 0 unspecified atom stereocenters. The predicted octanol–water partition coefficient (Wildman–Crippen LogP) is 2.74. The van der Waals surface area contributed by atoms with Gasteiger partial charge in [0.1, 0.15) is 12.2 Å². The van der Waals surface area contributed by atoms with Crippen LogP contribution in [0.5, 0.6) is 11.5 Å². The molecule has 0 spiro atoms. The number of benzene rings is 2. The molecule has 0 bridgehead atoms. The summed E-state index contributed by atoms with van der Waals surface area (Å²) in [7, 11) is 3.38. The number of carbonyl (C=O) groups is 1. The number of hydrogen-bond donors (Lipinski definition) is 1. The molecule has 2 aromatic carbocycles. The van der Waals surface area contributed by atoms with Crippen molar-refractivity contribution in [2.75, 3.05) is 13.7 Å². The number of fused-ring (bicyclic) bond motifs is 1. The first kappa shape index (κ1) is 18.5. The summed E-state index contributed by atoms with van der Waals surface area (Å²) in [6.45, 7) is 2.07. The number of rotatable bonds is 6. The summed E-state index contributed by atoms with van der Waals surface area (Å²) in [5, 5.41) is 3.34. The van der Waals surface area contributed by atoms with Crippen molar-refractivity contribution in [1.29, 1.82) is 0 Å². The van der Waals surface area contributed by atoms with Gasteiger partial charge in [0, 0.05) is 18.6 Å². The predicted molar refractivity (Wildman–Crippen MR) is 105 cm³/mol. The maximum absolute atomic E-state index is 12.6. The average molecular weight is 366 g/mol. The van der Waals surface area contributed by atoms with E-state index in [1.165, 1.54) is 0 Å². The van der Waals surface area contributed by atoms with Gasteiger partial charge in [-0.1, -0.05) is 24.3 Å². The molecule has 3 rings (SSSR count). The Hall–Kier alpha value is -3.28. The maximum atomic E-state index is 12.6. The fraction of sp³-hybridized carbons (Fsp3) is 0.238. The molecule has 27 heavy (non-hydrogen) atoms. The van der Waals surface area contributed by atoms with Crippen LogP contribution in [-0.2, 0) is 7.05 Å². The van der Waals surface area contributed by atoms with Crippen LogP contribution in [-0.4, -0.2) is 30.2 Å². The fourth-order valence-corrected chi connectivity index (χ4v) is 2.90. The number of carbonyl (C=O) groups excluding carboxylic acids is 1. The molecular formula is C21H22N2O4. The van der Waals surface area contributed by atoms with Crippen LogP contribution in [0, 0.1) is 0 Å². The minimum Gasteiger partial charge on any atom is -0.493 e. The van der Waals surface area contributed by atoms with Crippen molar-refractivity contribution in [3.05, 3.63) is 70.5 Å². The number of amides is 1. The van der Waals surface area contributed by atoms with E-state index in [9.17, 15) is 9.59 Å². The number of aryl methyl sites for hydroxylation is 1. The molecule has 0 fully saturated rings. The molecular weight excluding hydrogens is 344 g/mol. The standard InChI is InChI=1S/C21H22N2O4/c1-14(13-27-19-11-7-6-10-18(19)26-3)22-21(25)16-12-23(2)17-9-5-4-8-15(17)20(16)24/h4-12,14H,13H2,1-3H3,(H,22,25)/t14-/m1/s1. The molecule has 0 aliphatic rings. The van der Waals surface area contributed by atoms with Gasteiger partial charge >= 0.3 is 0 Å². The quantitative estimate of drug-likeness (QED) is 0.728. The fourth-order valence-electron chi connectivity index (χ4n) is 2.90. The summed E-state index contributed by atoms with van der Waals surface area (Å²) in [4.78, 5) is 25.2. The highest BCUT2D eigenvalue weighted by atomic mass is 16.5. The number of para-hydroxylation sites is 3. The van der Waals surface area contributed by atoms with Crippen molar-refractivity contribution in [3.8, 4) is 11.5 Å². The van der Waals surface area contributed by atoms with Crippen LogP contribution in [0.15, 0.2) is 59.5 Å². The topological polar surface area (TPSA) is 69.6 Å². The molecule has 1 N–H and O–H groups in total. The lowest BCUT2D eigenvalue weighted by Gasteiger charge is -2.17. The first-order chi connectivity index (χ1) is 13.0. The molecule has 1 heterocycles. The van der Waals surface area contributed by atoms with Crippen molar-refractivity contribution in [1.82, 2.24) is 9.88 Å². The molecule has 0 radical (unpaired) electrons. The number of nitrogens with one attached hydrogen (secondary N) is 1. The largest absolute Gasteiger partial charge is 0.493 e. The third-order valence-electron chi connectivity index (χ3n) is 4.28. The summed E-state index contributed by atoms with van der Waals surface area (Å²) in [5.41, 5.74) is 0.617. The summed E-state index contributed by atoms with van der Waals surface area (Å²) in [5.74, 6) is 0.805. The summed E-state index contributed by atoms with van der Waals surface area (Å²) in [6.07, 6.45) is 1.56. The van der Waals surface area contributed by atoms with Gasteiger partial charge in [0.05, 0.1) is 18.7 Å². The van der Waals surface area contributed by atoms with Gasteiger partial charge in [0.2, 0.25) is 5.43 Å². The van der Waals surface area contributed by atoms with E-state index in [-0.39, 0.29) is 23.6 Å². The number of nitrogens with zero attached hydrogens (tertiary/aromatic N) is 1. The van der Waals surface area contributed by atoms with Crippen LogP contribution >= 0.6 is 0 Å². The highest BCUT2D eigenvalue weighted by molar-refractivity contribution is 5.97. The smallest absolute Gasteiger partial charge is 0.257 e. The molecule has 140 valence electrons. The zero-order valence-electron chi connectivity index (χ0n) is 15.6. The zero-order valence-corrected chi connectivity index (χ0v) is 15.6. The van der Waals surface area contributed by atoms with E-state index in [2.05, 4.69) is 5.32 Å². The Morgan fingerprint density at radius 1 is 1.11 bits per heavy atom. The van der Waals surface area contributed by atoms with Gasteiger partial charge in [-0.3, -0.25) is 9.59 Å². The van der Waals surface area contributed by atoms with E-state index >= 15 is 0 Å². The van der Waals surface area contributed by atoms with E-state index in [4.69, 9.17) is 9.47 Å². The van der Waals surface area contributed by atoms with Crippen LogP contribution in [0.4, 0.5) is 0 Å². The monoisotopic (exact) mass is 366 g/mol.